The lowest BCUT2D eigenvalue weighted by Crippen LogP contribution is -2.55. The SMILES string of the molecule is CC(CC1CC1)N1CCN(c2cc(-c3n[nH]c4ccc(OC5(C)CC5)cc34)ncn2)CC1C. The summed E-state index contributed by atoms with van der Waals surface area (Å²) >= 11 is 0. The van der Waals surface area contributed by atoms with E-state index in [-0.39, 0.29) is 5.60 Å². The molecule has 174 valence electrons. The fraction of sp³-hybridized carbons (Fsp3) is 0.577. The summed E-state index contributed by atoms with van der Waals surface area (Å²) in [6.45, 7) is 9.98. The number of nitrogens with zero attached hydrogens (tertiary/aromatic N) is 5. The van der Waals surface area contributed by atoms with E-state index in [4.69, 9.17) is 4.74 Å². The average Bonchev–Trinajstić information content (AvgIpc) is 3.72. The van der Waals surface area contributed by atoms with Gasteiger partial charge in [-0.15, -0.1) is 0 Å². The summed E-state index contributed by atoms with van der Waals surface area (Å²) in [4.78, 5) is 14.3. The molecule has 1 aromatic carbocycles. The molecule has 3 aliphatic rings. The standard InChI is InChI=1S/C26H34N6O/c1-17(12-19-4-5-19)32-11-10-31(15-18(32)2)24-14-23(27-16-28-24)25-21-13-20(33-26(3)8-9-26)6-7-22(21)29-30-25/h6-7,13-14,16-19H,4-5,8-12,15H2,1-3H3,(H,29,30). The van der Waals surface area contributed by atoms with E-state index in [1.165, 1.54) is 19.3 Å². The van der Waals surface area contributed by atoms with Gasteiger partial charge in [-0.3, -0.25) is 10.00 Å². The molecule has 1 N–H and O–H groups in total. The van der Waals surface area contributed by atoms with Crippen LogP contribution in [-0.2, 0) is 0 Å². The Kier molecular flexibility index (Phi) is 5.05. The molecule has 0 amide bonds. The Bertz CT molecular complexity index is 1150. The molecule has 2 atom stereocenters. The van der Waals surface area contributed by atoms with Crippen LogP contribution in [0.15, 0.2) is 30.6 Å². The minimum absolute atomic E-state index is 0.00530. The van der Waals surface area contributed by atoms with E-state index in [1.54, 1.807) is 6.33 Å². The molecule has 2 saturated carbocycles. The van der Waals surface area contributed by atoms with Crippen molar-refractivity contribution in [3.8, 4) is 17.1 Å². The van der Waals surface area contributed by atoms with Crippen molar-refractivity contribution in [1.29, 1.82) is 0 Å². The Hall–Kier alpha value is -2.67. The first-order valence-electron chi connectivity index (χ1n) is 12.5. The number of hydrogen-bond donors (Lipinski definition) is 1. The number of H-pyrrole nitrogens is 1. The molecule has 2 unspecified atom stereocenters. The Labute approximate surface area is 195 Å². The fourth-order valence-electron chi connectivity index (χ4n) is 5.27. The van der Waals surface area contributed by atoms with Crippen molar-refractivity contribution in [3.63, 3.8) is 0 Å². The highest BCUT2D eigenvalue weighted by Gasteiger charge is 2.40. The largest absolute Gasteiger partial charge is 0.488 e. The fourth-order valence-corrected chi connectivity index (χ4v) is 5.27. The average molecular weight is 447 g/mol. The molecular formula is C26H34N6O. The molecule has 0 bridgehead atoms. The maximum absolute atomic E-state index is 6.18. The van der Waals surface area contributed by atoms with E-state index >= 15 is 0 Å². The molecule has 2 aromatic heterocycles. The second-order valence-electron chi connectivity index (χ2n) is 10.7. The summed E-state index contributed by atoms with van der Waals surface area (Å²) in [7, 11) is 0. The quantitative estimate of drug-likeness (QED) is 0.570. The van der Waals surface area contributed by atoms with Crippen molar-refractivity contribution in [1.82, 2.24) is 25.1 Å². The van der Waals surface area contributed by atoms with Crippen LogP contribution in [0.4, 0.5) is 5.82 Å². The molecule has 7 nitrogen and oxygen atoms in total. The molecule has 6 rings (SSSR count). The zero-order valence-electron chi connectivity index (χ0n) is 19.9. The number of ether oxygens (including phenoxy) is 1. The number of aromatic amines is 1. The Morgan fingerprint density at radius 3 is 2.79 bits per heavy atom. The summed E-state index contributed by atoms with van der Waals surface area (Å²) in [5.41, 5.74) is 2.68. The highest BCUT2D eigenvalue weighted by molar-refractivity contribution is 5.93. The van der Waals surface area contributed by atoms with E-state index in [0.717, 1.165) is 72.3 Å². The third-order valence-electron chi connectivity index (χ3n) is 7.69. The van der Waals surface area contributed by atoms with Crippen LogP contribution < -0.4 is 9.64 Å². The van der Waals surface area contributed by atoms with Gasteiger partial charge in [-0.1, -0.05) is 12.8 Å². The Morgan fingerprint density at radius 1 is 1.18 bits per heavy atom. The van der Waals surface area contributed by atoms with Gasteiger partial charge in [0.25, 0.3) is 0 Å². The van der Waals surface area contributed by atoms with E-state index < -0.39 is 0 Å². The van der Waals surface area contributed by atoms with Gasteiger partial charge >= 0.3 is 0 Å². The lowest BCUT2D eigenvalue weighted by atomic mass is 10.1. The van der Waals surface area contributed by atoms with Crippen molar-refractivity contribution in [2.24, 2.45) is 5.92 Å². The first-order chi connectivity index (χ1) is 16.0. The van der Waals surface area contributed by atoms with Crippen molar-refractivity contribution in [2.75, 3.05) is 24.5 Å². The molecule has 0 spiro atoms. The lowest BCUT2D eigenvalue weighted by Gasteiger charge is -2.43. The maximum atomic E-state index is 6.18. The summed E-state index contributed by atoms with van der Waals surface area (Å²) in [6, 6.07) is 9.41. The Morgan fingerprint density at radius 2 is 2.03 bits per heavy atom. The zero-order chi connectivity index (χ0) is 22.6. The highest BCUT2D eigenvalue weighted by atomic mass is 16.5. The van der Waals surface area contributed by atoms with Gasteiger partial charge in [0, 0.05) is 43.2 Å². The van der Waals surface area contributed by atoms with Crippen molar-refractivity contribution in [2.45, 2.75) is 70.6 Å². The molecule has 3 aromatic rings. The highest BCUT2D eigenvalue weighted by Crippen LogP contribution is 2.40. The van der Waals surface area contributed by atoms with E-state index in [9.17, 15) is 0 Å². The number of fused-ring (bicyclic) bond motifs is 1. The number of hydrogen-bond acceptors (Lipinski definition) is 6. The first-order valence-corrected chi connectivity index (χ1v) is 12.5. The van der Waals surface area contributed by atoms with Crippen LogP contribution in [0.5, 0.6) is 5.75 Å². The molecular weight excluding hydrogens is 412 g/mol. The van der Waals surface area contributed by atoms with E-state index in [0.29, 0.717) is 12.1 Å². The molecule has 3 fully saturated rings. The van der Waals surface area contributed by atoms with Gasteiger partial charge in [0.15, 0.2) is 0 Å². The normalized spacial score (nSPS) is 23.6. The summed E-state index contributed by atoms with van der Waals surface area (Å²) in [5.74, 6) is 2.84. The maximum Gasteiger partial charge on any atom is 0.132 e. The second kappa shape index (κ2) is 7.97. The van der Waals surface area contributed by atoms with E-state index in [1.807, 2.05) is 12.1 Å². The van der Waals surface area contributed by atoms with Crippen molar-refractivity contribution < 1.29 is 4.74 Å². The van der Waals surface area contributed by atoms with Crippen LogP contribution >= 0.6 is 0 Å². The summed E-state index contributed by atoms with van der Waals surface area (Å²) in [6.07, 6.45) is 8.10. The number of benzene rings is 1. The van der Waals surface area contributed by atoms with Crippen LogP contribution in [0.25, 0.3) is 22.3 Å². The Balaban J connectivity index is 1.21. The number of rotatable bonds is 7. The van der Waals surface area contributed by atoms with Gasteiger partial charge in [-0.25, -0.2) is 9.97 Å². The van der Waals surface area contributed by atoms with Gasteiger partial charge in [0.05, 0.1) is 11.2 Å². The van der Waals surface area contributed by atoms with Gasteiger partial charge in [0.2, 0.25) is 0 Å². The number of anilines is 1. The minimum Gasteiger partial charge on any atom is -0.488 e. The predicted molar refractivity (Wildman–Crippen MR) is 131 cm³/mol. The van der Waals surface area contributed by atoms with Crippen molar-refractivity contribution >= 4 is 16.7 Å². The minimum atomic E-state index is -0.00530. The lowest BCUT2D eigenvalue weighted by molar-refractivity contribution is 0.128. The zero-order valence-corrected chi connectivity index (χ0v) is 19.9. The third-order valence-corrected chi connectivity index (χ3v) is 7.69. The molecule has 1 aliphatic heterocycles. The molecule has 2 aliphatic carbocycles. The summed E-state index contributed by atoms with van der Waals surface area (Å²) in [5, 5.41) is 8.78. The van der Waals surface area contributed by atoms with Crippen molar-refractivity contribution in [3.05, 3.63) is 30.6 Å². The number of nitrogens with one attached hydrogen (secondary N) is 1. The van der Waals surface area contributed by atoms with Gasteiger partial charge < -0.3 is 9.64 Å². The predicted octanol–water partition coefficient (Wildman–Crippen LogP) is 4.65. The van der Waals surface area contributed by atoms with Crippen LogP contribution in [0.1, 0.15) is 52.9 Å². The molecule has 33 heavy (non-hydrogen) atoms. The van der Waals surface area contributed by atoms with Crippen LogP contribution in [-0.4, -0.2) is 62.4 Å². The second-order valence-corrected chi connectivity index (χ2v) is 10.7. The van der Waals surface area contributed by atoms with E-state index in [2.05, 4.69) is 62.9 Å². The topological polar surface area (TPSA) is 70.2 Å². The van der Waals surface area contributed by atoms with Gasteiger partial charge in [-0.2, -0.15) is 5.10 Å². The van der Waals surface area contributed by atoms with Gasteiger partial charge in [-0.05, 0) is 64.2 Å². The third kappa shape index (κ3) is 4.31. The monoisotopic (exact) mass is 446 g/mol. The smallest absolute Gasteiger partial charge is 0.132 e. The molecule has 3 heterocycles. The molecule has 1 saturated heterocycles. The number of piperazine rings is 1. The van der Waals surface area contributed by atoms with Gasteiger partial charge in [0.1, 0.15) is 29.2 Å². The van der Waals surface area contributed by atoms with Crippen LogP contribution in [0, 0.1) is 5.92 Å². The first kappa shape index (κ1) is 20.9. The van der Waals surface area contributed by atoms with Crippen LogP contribution in [0.3, 0.4) is 0 Å². The molecule has 0 radical (unpaired) electrons. The number of aromatic nitrogens is 4. The van der Waals surface area contributed by atoms with Crippen LogP contribution in [0.2, 0.25) is 0 Å². The summed E-state index contributed by atoms with van der Waals surface area (Å²) < 4.78 is 6.18. The molecule has 7 heteroatoms.